The van der Waals surface area contributed by atoms with Gasteiger partial charge in [0.15, 0.2) is 11.6 Å². The molecule has 510 valence electrons. The maximum absolute atomic E-state index is 13.8. The van der Waals surface area contributed by atoms with Gasteiger partial charge in [-0.1, -0.05) is 34.8 Å². The molecule has 0 atom stereocenters. The van der Waals surface area contributed by atoms with Crippen LogP contribution in [-0.2, 0) is 39.4 Å². The minimum Gasteiger partial charge on any atom is -0.494 e. The van der Waals surface area contributed by atoms with Crippen molar-refractivity contribution in [2.24, 2.45) is 25.4 Å². The number of hydrogen-bond acceptors (Lipinski definition) is 23. The molecular formula is C63H77N17O12S4. The molecule has 2 saturated heterocycles. The third-order valence-electron chi connectivity index (χ3n) is 15.4. The standard InChI is InChI=1S/C63H77N17O12S4/c1-10-77(11-2)50-34-46(48(36-52(50)91-8)73-75-62-70-56(79-26-16-14-17-27-79)54(93-62)32-44(38(5)81)58(83)66-40-22-20-24-42(30-40)95(85,86)87)68-60(64)72-61(65-7)69-47-35-51(78(12-3)13-4)53(92-9)37-49(47)74-76-63-71-57(80-28-18-15-19-29-80)55(94-63)33-45(39(6)82)59(84)67-41-23-21-25-43(31-41)96(88,89)90/h20-25,30-37H,10-19,26-29H2,1-9H3,(H,66,83)(H,67,84)(H,85,86,87)(H,88,89,90)(H4,64,65,68,69,72)/b44-32+,45-33-,75-73?,76-74?. The number of methoxy groups -OCH3 is 2. The summed E-state index contributed by atoms with van der Waals surface area (Å²) in [6.45, 7) is 15.5. The molecule has 33 heteroatoms. The lowest BCUT2D eigenvalue weighted by atomic mass is 10.1. The van der Waals surface area contributed by atoms with Crippen LogP contribution < -0.4 is 55.7 Å². The lowest BCUT2D eigenvalue weighted by Gasteiger charge is -2.27. The summed E-state index contributed by atoms with van der Waals surface area (Å²) in [5.74, 6) is -1.20. The van der Waals surface area contributed by atoms with Gasteiger partial charge >= 0.3 is 0 Å². The Morgan fingerprint density at radius 3 is 1.34 bits per heavy atom. The molecule has 2 aliphatic rings. The molecule has 2 amide bonds. The second-order valence-corrected chi connectivity index (χ2v) is 26.6. The minimum atomic E-state index is -4.59. The summed E-state index contributed by atoms with van der Waals surface area (Å²) < 4.78 is 78.6. The molecule has 0 radical (unpaired) electrons. The van der Waals surface area contributed by atoms with E-state index in [-0.39, 0.29) is 56.1 Å². The topological polar surface area (TPSA) is 380 Å². The number of carbonyl (C=O) groups is 4. The van der Waals surface area contributed by atoms with Crippen LogP contribution in [0.3, 0.4) is 0 Å². The number of hydrogen-bond donors (Lipinski definition) is 8. The largest absolute Gasteiger partial charge is 0.494 e. The molecule has 96 heavy (non-hydrogen) atoms. The van der Waals surface area contributed by atoms with Crippen LogP contribution in [0.2, 0.25) is 0 Å². The fourth-order valence-electron chi connectivity index (χ4n) is 10.5. The smallest absolute Gasteiger partial charge is 0.294 e. The number of nitrogens with zero attached hydrogens (tertiary/aromatic N) is 11. The molecule has 6 aromatic rings. The highest BCUT2D eigenvalue weighted by molar-refractivity contribution is 7.86. The zero-order valence-electron chi connectivity index (χ0n) is 54.5. The van der Waals surface area contributed by atoms with E-state index in [1.54, 1.807) is 25.2 Å². The van der Waals surface area contributed by atoms with Gasteiger partial charge in [0.2, 0.25) is 22.2 Å². The fourth-order valence-corrected chi connectivity index (χ4v) is 13.3. The van der Waals surface area contributed by atoms with Gasteiger partial charge in [-0.15, -0.1) is 20.5 Å². The second-order valence-electron chi connectivity index (χ2n) is 21.7. The molecule has 0 spiro atoms. The molecule has 0 aliphatic carbocycles. The number of anilines is 8. The molecule has 0 saturated carbocycles. The van der Waals surface area contributed by atoms with Crippen LogP contribution in [-0.4, -0.2) is 145 Å². The third-order valence-corrected chi connectivity index (χ3v) is 18.8. The van der Waals surface area contributed by atoms with Gasteiger partial charge in [0.05, 0.1) is 67.7 Å². The van der Waals surface area contributed by atoms with Gasteiger partial charge in [-0.25, -0.2) is 0 Å². The highest BCUT2D eigenvalue weighted by atomic mass is 32.2. The van der Waals surface area contributed by atoms with E-state index < -0.39 is 53.4 Å². The van der Waals surface area contributed by atoms with Gasteiger partial charge in [-0.3, -0.25) is 33.7 Å². The first kappa shape index (κ1) is 72.3. The van der Waals surface area contributed by atoms with Crippen LogP contribution in [0.15, 0.2) is 119 Å². The average Bonchev–Trinajstić information content (AvgIpc) is 1.81. The number of carbonyl (C=O) groups excluding carboxylic acids is 4. The van der Waals surface area contributed by atoms with Crippen LogP contribution in [0.25, 0.3) is 12.2 Å². The fraction of sp³-hybridized carbons (Fsp3) is 0.365. The number of aromatic nitrogens is 2. The highest BCUT2D eigenvalue weighted by Crippen LogP contribution is 2.44. The Bertz CT molecular complexity index is 4280. The quantitative estimate of drug-likeness (QED) is 0.00475. The molecule has 0 bridgehead atoms. The zero-order chi connectivity index (χ0) is 69.4. The molecule has 2 aliphatic heterocycles. The number of azo groups is 2. The molecule has 2 fully saturated rings. The van der Waals surface area contributed by atoms with E-state index in [4.69, 9.17) is 24.6 Å². The second kappa shape index (κ2) is 32.7. The molecule has 4 heterocycles. The van der Waals surface area contributed by atoms with Crippen molar-refractivity contribution in [3.8, 4) is 11.5 Å². The van der Waals surface area contributed by atoms with Gasteiger partial charge in [0.1, 0.15) is 34.5 Å². The molecule has 2 aromatic heterocycles. The van der Waals surface area contributed by atoms with E-state index in [1.807, 2.05) is 38.7 Å². The third kappa shape index (κ3) is 18.5. The molecule has 4 aromatic carbocycles. The van der Waals surface area contributed by atoms with Crippen LogP contribution >= 0.6 is 22.7 Å². The minimum absolute atomic E-state index is 0.0300. The van der Waals surface area contributed by atoms with Crippen molar-refractivity contribution in [1.29, 1.82) is 5.41 Å². The van der Waals surface area contributed by atoms with Crippen molar-refractivity contribution in [2.45, 2.75) is 89.9 Å². The monoisotopic (exact) mass is 1390 g/mol. The number of piperidine rings is 2. The van der Waals surface area contributed by atoms with Crippen molar-refractivity contribution < 1.29 is 54.6 Å². The van der Waals surface area contributed by atoms with E-state index in [9.17, 15) is 50.5 Å². The number of aliphatic imine (C=N–C) groups is 1. The van der Waals surface area contributed by atoms with Crippen LogP contribution in [0, 0.1) is 5.41 Å². The van der Waals surface area contributed by atoms with Crippen LogP contribution in [0.1, 0.15) is 89.8 Å². The van der Waals surface area contributed by atoms with E-state index in [2.05, 4.69) is 61.6 Å². The SMILES string of the molecule is CCN(CC)c1cc(NC(=N)N=C(NC)Nc2cc(N(CC)CC)c(OC)cc2N=Nc2nc(N3CCCCC3)c(/C=C(/C(C)=O)C(=O)Nc3cccc(S(=O)(=O)O)c3)s2)c(N=Nc2nc(N3CCCCC3)c(/C=C(\C(C)=O)C(=O)Nc3cccc(S(=O)(=O)O)c3)s2)cc1OC. The van der Waals surface area contributed by atoms with Crippen LogP contribution in [0.4, 0.5) is 67.4 Å². The summed E-state index contributed by atoms with van der Waals surface area (Å²) in [4.78, 5) is 76.5. The lowest BCUT2D eigenvalue weighted by Crippen LogP contribution is -2.30. The maximum Gasteiger partial charge on any atom is 0.294 e. The Hall–Kier alpha value is -9.54. The summed E-state index contributed by atoms with van der Waals surface area (Å²) in [5, 5.41) is 42.9. The van der Waals surface area contributed by atoms with E-state index in [1.165, 1.54) is 70.6 Å². The predicted molar refractivity (Wildman–Crippen MR) is 376 cm³/mol. The van der Waals surface area contributed by atoms with E-state index in [0.29, 0.717) is 108 Å². The van der Waals surface area contributed by atoms with Gasteiger partial charge in [-0.05, 0) is 141 Å². The number of thiazole rings is 2. The number of Topliss-reactive ketones (excluding diaryl/α,β-unsaturated/α-hetero) is 2. The van der Waals surface area contributed by atoms with Crippen molar-refractivity contribution in [1.82, 2.24) is 15.3 Å². The Morgan fingerprint density at radius 1 is 0.594 bits per heavy atom. The Labute approximate surface area is 564 Å². The normalized spacial score (nSPS) is 14.2. The first-order valence-electron chi connectivity index (χ1n) is 30.8. The van der Waals surface area contributed by atoms with Crippen molar-refractivity contribution in [2.75, 3.05) is 114 Å². The number of ketones is 2. The number of nitrogens with one attached hydrogen (secondary N) is 6. The summed E-state index contributed by atoms with van der Waals surface area (Å²) in [7, 11) is -4.50. The number of benzene rings is 4. The van der Waals surface area contributed by atoms with E-state index >= 15 is 0 Å². The number of ether oxygens (including phenoxy) is 2. The number of guanidine groups is 2. The van der Waals surface area contributed by atoms with Crippen molar-refractivity contribution >= 4 is 158 Å². The summed E-state index contributed by atoms with van der Waals surface area (Å²) in [6, 6.07) is 17.0. The van der Waals surface area contributed by atoms with E-state index in [0.717, 1.165) is 79.4 Å². The highest BCUT2D eigenvalue weighted by Gasteiger charge is 2.27. The van der Waals surface area contributed by atoms with Crippen LogP contribution in [0.5, 0.6) is 11.5 Å². The molecule has 8 N–H and O–H groups in total. The Morgan fingerprint density at radius 2 is 0.990 bits per heavy atom. The Kier molecular flexibility index (Phi) is 24.7. The first-order valence-corrected chi connectivity index (χ1v) is 35.3. The molecule has 8 rings (SSSR count). The van der Waals surface area contributed by atoms with Crippen molar-refractivity contribution in [3.05, 3.63) is 93.7 Å². The summed E-state index contributed by atoms with van der Waals surface area (Å²) >= 11 is 2.16. The summed E-state index contributed by atoms with van der Waals surface area (Å²) in [5.41, 5.74) is 2.12. The first-order chi connectivity index (χ1) is 45.9. The summed E-state index contributed by atoms with van der Waals surface area (Å²) in [6.07, 6.45) is 8.33. The molecular weight excluding hydrogens is 1320 g/mol. The Balaban J connectivity index is 1.14. The molecule has 0 unspecified atom stereocenters. The van der Waals surface area contributed by atoms with Gasteiger partial charge < -0.3 is 55.7 Å². The lowest BCUT2D eigenvalue weighted by molar-refractivity contribution is -0.120. The molecule has 29 nitrogen and oxygen atoms in total. The van der Waals surface area contributed by atoms with Gasteiger partial charge in [-0.2, -0.15) is 31.8 Å². The van der Waals surface area contributed by atoms with Crippen molar-refractivity contribution in [3.63, 3.8) is 0 Å². The van der Waals surface area contributed by atoms with Gasteiger partial charge in [0, 0.05) is 82.9 Å². The number of rotatable bonds is 26. The maximum atomic E-state index is 13.8. The average molecular weight is 1390 g/mol. The zero-order valence-corrected chi connectivity index (χ0v) is 57.8. The number of amides is 2. The van der Waals surface area contributed by atoms with Gasteiger partial charge in [0.25, 0.3) is 32.1 Å². The predicted octanol–water partition coefficient (Wildman–Crippen LogP) is 11.9.